The van der Waals surface area contributed by atoms with Crippen LogP contribution in [0.25, 0.3) is 0 Å². The second-order valence-corrected chi connectivity index (χ2v) is 4.77. The lowest BCUT2D eigenvalue weighted by Crippen LogP contribution is -2.34. The number of hydrogen-bond donors (Lipinski definition) is 2. The summed E-state index contributed by atoms with van der Waals surface area (Å²) in [6.07, 6.45) is 8.53. The molecule has 1 saturated carbocycles. The molecule has 0 bridgehead atoms. The van der Waals surface area contributed by atoms with Crippen molar-refractivity contribution in [1.82, 2.24) is 10.6 Å². The Morgan fingerprint density at radius 2 is 2.00 bits per heavy atom. The molecular formula is C12H24N2O. The SMILES string of the molecule is C1CCC(OCCNC2CCNC2)CC1. The first-order valence-corrected chi connectivity index (χ1v) is 6.51. The zero-order valence-electron chi connectivity index (χ0n) is 9.63. The second kappa shape index (κ2) is 6.46. The van der Waals surface area contributed by atoms with Crippen LogP contribution in [-0.2, 0) is 4.74 Å². The minimum atomic E-state index is 0.558. The molecule has 0 radical (unpaired) electrons. The Kier molecular flexibility index (Phi) is 4.90. The maximum absolute atomic E-state index is 5.86. The molecule has 1 aliphatic heterocycles. The molecule has 1 saturated heterocycles. The summed E-state index contributed by atoms with van der Waals surface area (Å²) in [6, 6.07) is 0.681. The van der Waals surface area contributed by atoms with Crippen molar-refractivity contribution in [1.29, 1.82) is 0 Å². The van der Waals surface area contributed by atoms with Crippen LogP contribution < -0.4 is 10.6 Å². The Bertz CT molecular complexity index is 163. The average Bonchev–Trinajstić information content (AvgIpc) is 2.79. The summed E-state index contributed by atoms with van der Waals surface area (Å²) in [5, 5.41) is 6.89. The highest BCUT2D eigenvalue weighted by Gasteiger charge is 2.15. The second-order valence-electron chi connectivity index (χ2n) is 4.77. The van der Waals surface area contributed by atoms with E-state index in [9.17, 15) is 0 Å². The molecular weight excluding hydrogens is 188 g/mol. The van der Waals surface area contributed by atoms with Crippen molar-refractivity contribution in [2.45, 2.75) is 50.7 Å². The van der Waals surface area contributed by atoms with Gasteiger partial charge in [0.25, 0.3) is 0 Å². The lowest BCUT2D eigenvalue weighted by Gasteiger charge is -2.22. The third-order valence-electron chi connectivity index (χ3n) is 3.50. The van der Waals surface area contributed by atoms with E-state index in [1.807, 2.05) is 0 Å². The maximum atomic E-state index is 5.86. The van der Waals surface area contributed by atoms with E-state index in [2.05, 4.69) is 10.6 Å². The zero-order valence-corrected chi connectivity index (χ0v) is 9.63. The first kappa shape index (κ1) is 11.4. The molecule has 88 valence electrons. The van der Waals surface area contributed by atoms with Gasteiger partial charge in [-0.25, -0.2) is 0 Å². The first-order chi connectivity index (χ1) is 7.45. The van der Waals surface area contributed by atoms with Crippen molar-refractivity contribution in [3.8, 4) is 0 Å². The number of nitrogens with one attached hydrogen (secondary N) is 2. The van der Waals surface area contributed by atoms with Crippen molar-refractivity contribution in [3.05, 3.63) is 0 Å². The van der Waals surface area contributed by atoms with Crippen LogP contribution in [0.5, 0.6) is 0 Å². The predicted molar refractivity (Wildman–Crippen MR) is 62.1 cm³/mol. The summed E-state index contributed by atoms with van der Waals surface area (Å²) in [7, 11) is 0. The Labute approximate surface area is 93.0 Å². The molecule has 1 unspecified atom stereocenters. The Morgan fingerprint density at radius 3 is 2.73 bits per heavy atom. The molecule has 0 aromatic heterocycles. The van der Waals surface area contributed by atoms with E-state index >= 15 is 0 Å². The van der Waals surface area contributed by atoms with Gasteiger partial charge in [-0.2, -0.15) is 0 Å². The molecule has 0 aromatic rings. The van der Waals surface area contributed by atoms with Gasteiger partial charge in [-0.05, 0) is 25.8 Å². The van der Waals surface area contributed by atoms with E-state index in [0.29, 0.717) is 12.1 Å². The molecule has 2 aliphatic rings. The number of rotatable bonds is 5. The summed E-state index contributed by atoms with van der Waals surface area (Å²) in [6.45, 7) is 4.20. The van der Waals surface area contributed by atoms with Crippen molar-refractivity contribution in [2.24, 2.45) is 0 Å². The molecule has 0 aromatic carbocycles. The fraction of sp³-hybridized carbons (Fsp3) is 1.00. The zero-order chi connectivity index (χ0) is 10.3. The van der Waals surface area contributed by atoms with E-state index in [4.69, 9.17) is 4.74 Å². The van der Waals surface area contributed by atoms with Crippen LogP contribution in [0.3, 0.4) is 0 Å². The molecule has 2 N–H and O–H groups in total. The van der Waals surface area contributed by atoms with Gasteiger partial charge in [-0.1, -0.05) is 19.3 Å². The highest BCUT2D eigenvalue weighted by atomic mass is 16.5. The molecule has 2 rings (SSSR count). The fourth-order valence-corrected chi connectivity index (χ4v) is 2.55. The van der Waals surface area contributed by atoms with Gasteiger partial charge < -0.3 is 15.4 Å². The summed E-state index contributed by atoms with van der Waals surface area (Å²) >= 11 is 0. The largest absolute Gasteiger partial charge is 0.377 e. The smallest absolute Gasteiger partial charge is 0.0594 e. The van der Waals surface area contributed by atoms with Crippen molar-refractivity contribution in [2.75, 3.05) is 26.2 Å². The average molecular weight is 212 g/mol. The van der Waals surface area contributed by atoms with Gasteiger partial charge in [-0.3, -0.25) is 0 Å². The van der Waals surface area contributed by atoms with E-state index in [0.717, 1.165) is 19.7 Å². The van der Waals surface area contributed by atoms with E-state index in [1.54, 1.807) is 0 Å². The Hall–Kier alpha value is -0.120. The van der Waals surface area contributed by atoms with Crippen LogP contribution in [0.2, 0.25) is 0 Å². The Balaban J connectivity index is 1.47. The lowest BCUT2D eigenvalue weighted by atomic mass is 9.98. The van der Waals surface area contributed by atoms with E-state index < -0.39 is 0 Å². The summed E-state index contributed by atoms with van der Waals surface area (Å²) in [4.78, 5) is 0. The fourth-order valence-electron chi connectivity index (χ4n) is 2.55. The highest BCUT2D eigenvalue weighted by molar-refractivity contribution is 4.77. The maximum Gasteiger partial charge on any atom is 0.0594 e. The quantitative estimate of drug-likeness (QED) is 0.674. The molecule has 0 amide bonds. The van der Waals surface area contributed by atoms with Crippen LogP contribution >= 0.6 is 0 Å². The molecule has 1 atom stereocenters. The molecule has 1 aliphatic carbocycles. The minimum Gasteiger partial charge on any atom is -0.377 e. The summed E-state index contributed by atoms with van der Waals surface area (Å²) < 4.78 is 5.86. The van der Waals surface area contributed by atoms with Gasteiger partial charge in [0, 0.05) is 19.1 Å². The third kappa shape index (κ3) is 4.09. The molecule has 3 nitrogen and oxygen atoms in total. The topological polar surface area (TPSA) is 33.3 Å². The van der Waals surface area contributed by atoms with Gasteiger partial charge in [0.2, 0.25) is 0 Å². The number of hydrogen-bond acceptors (Lipinski definition) is 3. The van der Waals surface area contributed by atoms with Crippen LogP contribution in [0.4, 0.5) is 0 Å². The van der Waals surface area contributed by atoms with Gasteiger partial charge in [0.05, 0.1) is 12.7 Å². The van der Waals surface area contributed by atoms with Gasteiger partial charge in [-0.15, -0.1) is 0 Å². The normalized spacial score (nSPS) is 28.4. The van der Waals surface area contributed by atoms with Gasteiger partial charge in [0.1, 0.15) is 0 Å². The third-order valence-corrected chi connectivity index (χ3v) is 3.50. The summed E-state index contributed by atoms with van der Waals surface area (Å²) in [5.41, 5.74) is 0. The van der Waals surface area contributed by atoms with E-state index in [1.165, 1.54) is 45.1 Å². The molecule has 15 heavy (non-hydrogen) atoms. The molecule has 1 heterocycles. The van der Waals surface area contributed by atoms with Crippen LogP contribution in [0.15, 0.2) is 0 Å². The van der Waals surface area contributed by atoms with Crippen molar-refractivity contribution < 1.29 is 4.74 Å². The predicted octanol–water partition coefficient (Wildman–Crippen LogP) is 1.29. The standard InChI is InChI=1S/C12H24N2O/c1-2-4-12(5-3-1)15-9-8-14-11-6-7-13-10-11/h11-14H,1-10H2. The number of ether oxygens (including phenoxy) is 1. The minimum absolute atomic E-state index is 0.558. The van der Waals surface area contributed by atoms with Crippen LogP contribution in [0, 0.1) is 0 Å². The van der Waals surface area contributed by atoms with Gasteiger partial charge in [0.15, 0.2) is 0 Å². The molecule has 0 spiro atoms. The van der Waals surface area contributed by atoms with E-state index in [-0.39, 0.29) is 0 Å². The lowest BCUT2D eigenvalue weighted by molar-refractivity contribution is 0.0296. The van der Waals surface area contributed by atoms with Crippen molar-refractivity contribution >= 4 is 0 Å². The first-order valence-electron chi connectivity index (χ1n) is 6.51. The monoisotopic (exact) mass is 212 g/mol. The van der Waals surface area contributed by atoms with Crippen LogP contribution in [0.1, 0.15) is 38.5 Å². The van der Waals surface area contributed by atoms with Crippen molar-refractivity contribution in [3.63, 3.8) is 0 Å². The summed E-state index contributed by atoms with van der Waals surface area (Å²) in [5.74, 6) is 0. The molecule has 3 heteroatoms. The van der Waals surface area contributed by atoms with Crippen LogP contribution in [-0.4, -0.2) is 38.4 Å². The highest BCUT2D eigenvalue weighted by Crippen LogP contribution is 2.19. The Morgan fingerprint density at radius 1 is 1.13 bits per heavy atom. The molecule has 2 fully saturated rings. The van der Waals surface area contributed by atoms with Gasteiger partial charge >= 0.3 is 0 Å².